The number of ether oxygens (including phenoxy) is 1. The first-order valence-corrected chi connectivity index (χ1v) is 14.9. The Balaban J connectivity index is 4.54. The molecule has 0 aromatic heterocycles. The first-order chi connectivity index (χ1) is 16.5. The fourth-order valence-corrected chi connectivity index (χ4v) is 4.86. The molecule has 3 atom stereocenters. The number of carboxylic acid groups (broad SMARTS) is 1. The fourth-order valence-electron chi connectivity index (χ4n) is 4.86. The zero-order valence-electron chi connectivity index (χ0n) is 23.3. The molecule has 0 aliphatic carbocycles. The van der Waals surface area contributed by atoms with Crippen molar-refractivity contribution >= 4 is 11.9 Å². The molecule has 0 fully saturated rings. The first-order valence-electron chi connectivity index (χ1n) is 14.9. The molecule has 0 aromatic rings. The number of rotatable bonds is 25. The monoisotopic (exact) mass is 482 g/mol. The van der Waals surface area contributed by atoms with E-state index in [1.165, 1.54) is 64.2 Å². The van der Waals surface area contributed by atoms with Crippen LogP contribution in [0.5, 0.6) is 0 Å². The molecule has 1 N–H and O–H groups in total. The summed E-state index contributed by atoms with van der Waals surface area (Å²) in [6.45, 7) is 9.56. The van der Waals surface area contributed by atoms with Crippen LogP contribution < -0.4 is 0 Å². The van der Waals surface area contributed by atoms with Gasteiger partial charge < -0.3 is 9.84 Å². The minimum absolute atomic E-state index is 0.0512. The van der Waals surface area contributed by atoms with Crippen molar-refractivity contribution in [1.82, 2.24) is 0 Å². The zero-order valence-corrected chi connectivity index (χ0v) is 23.3. The van der Waals surface area contributed by atoms with Crippen LogP contribution in [0, 0.1) is 17.8 Å². The maximum atomic E-state index is 13.1. The van der Waals surface area contributed by atoms with Crippen LogP contribution in [-0.4, -0.2) is 23.7 Å². The largest absolute Gasteiger partial charge is 0.481 e. The minimum atomic E-state index is -0.691. The number of esters is 1. The summed E-state index contributed by atoms with van der Waals surface area (Å²) in [4.78, 5) is 23.7. The molecule has 0 rings (SSSR count). The lowest BCUT2D eigenvalue weighted by molar-refractivity contribution is -0.151. The molecular formula is C30H58O4. The van der Waals surface area contributed by atoms with E-state index < -0.39 is 5.97 Å². The topological polar surface area (TPSA) is 63.6 Å². The number of hydrogen-bond donors (Lipinski definition) is 1. The van der Waals surface area contributed by atoms with Crippen LogP contribution in [0.4, 0.5) is 0 Å². The number of aliphatic carboxylic acids is 1. The average molecular weight is 483 g/mol. The van der Waals surface area contributed by atoms with Gasteiger partial charge in [-0.3, -0.25) is 9.59 Å². The predicted molar refractivity (Wildman–Crippen MR) is 144 cm³/mol. The first kappa shape index (κ1) is 32.9. The van der Waals surface area contributed by atoms with Gasteiger partial charge in [0.25, 0.3) is 0 Å². The maximum Gasteiger partial charge on any atom is 0.308 e. The Morgan fingerprint density at radius 2 is 1.15 bits per heavy atom. The molecule has 0 bridgehead atoms. The highest BCUT2D eigenvalue weighted by atomic mass is 16.5. The molecule has 0 aliphatic rings. The molecule has 0 spiro atoms. The Kier molecular flexibility index (Phi) is 22.9. The molecule has 3 unspecified atom stereocenters. The van der Waals surface area contributed by atoms with Crippen molar-refractivity contribution in [3.63, 3.8) is 0 Å². The van der Waals surface area contributed by atoms with Crippen LogP contribution >= 0.6 is 0 Å². The number of carbonyl (C=O) groups is 2. The average Bonchev–Trinajstić information content (AvgIpc) is 2.83. The molecule has 0 aliphatic heterocycles. The van der Waals surface area contributed by atoms with Crippen LogP contribution in [0.3, 0.4) is 0 Å². The SMILES string of the molecule is CCCCCC(CC)COC(=O)C(CCCCCCCCCC(=O)O)CC(CC)CCCCC. The van der Waals surface area contributed by atoms with Gasteiger partial charge in [0.1, 0.15) is 0 Å². The Morgan fingerprint density at radius 1 is 0.647 bits per heavy atom. The molecule has 0 saturated heterocycles. The van der Waals surface area contributed by atoms with Gasteiger partial charge in [-0.2, -0.15) is 0 Å². The van der Waals surface area contributed by atoms with Gasteiger partial charge in [-0.15, -0.1) is 0 Å². The number of carbonyl (C=O) groups excluding carboxylic acids is 1. The highest BCUT2D eigenvalue weighted by Gasteiger charge is 2.24. The van der Waals surface area contributed by atoms with Gasteiger partial charge >= 0.3 is 11.9 Å². The lowest BCUT2D eigenvalue weighted by atomic mass is 9.85. The minimum Gasteiger partial charge on any atom is -0.481 e. The van der Waals surface area contributed by atoms with E-state index in [9.17, 15) is 9.59 Å². The number of unbranched alkanes of at least 4 members (excludes halogenated alkanes) is 10. The van der Waals surface area contributed by atoms with E-state index in [1.807, 2.05) is 0 Å². The lowest BCUT2D eigenvalue weighted by Gasteiger charge is -2.23. The van der Waals surface area contributed by atoms with Crippen molar-refractivity contribution in [1.29, 1.82) is 0 Å². The molecule has 4 nitrogen and oxygen atoms in total. The van der Waals surface area contributed by atoms with Gasteiger partial charge in [-0.25, -0.2) is 0 Å². The summed E-state index contributed by atoms with van der Waals surface area (Å²) in [6.07, 6.45) is 21.9. The van der Waals surface area contributed by atoms with E-state index in [2.05, 4.69) is 27.7 Å². The van der Waals surface area contributed by atoms with E-state index in [0.717, 1.165) is 57.8 Å². The molecule has 0 saturated carbocycles. The van der Waals surface area contributed by atoms with Crippen molar-refractivity contribution in [2.75, 3.05) is 6.61 Å². The second-order valence-corrected chi connectivity index (χ2v) is 10.5. The summed E-state index contributed by atoms with van der Waals surface area (Å²) >= 11 is 0. The zero-order chi connectivity index (χ0) is 25.4. The van der Waals surface area contributed by atoms with Crippen molar-refractivity contribution in [3.05, 3.63) is 0 Å². The van der Waals surface area contributed by atoms with E-state index >= 15 is 0 Å². The van der Waals surface area contributed by atoms with Crippen molar-refractivity contribution in [3.8, 4) is 0 Å². The lowest BCUT2D eigenvalue weighted by Crippen LogP contribution is -2.23. The van der Waals surface area contributed by atoms with E-state index in [-0.39, 0.29) is 18.3 Å². The molecular weight excluding hydrogens is 424 g/mol. The summed E-state index contributed by atoms with van der Waals surface area (Å²) in [7, 11) is 0. The quantitative estimate of drug-likeness (QED) is 0.104. The molecule has 0 heterocycles. The van der Waals surface area contributed by atoms with Gasteiger partial charge in [0.15, 0.2) is 0 Å². The highest BCUT2D eigenvalue weighted by molar-refractivity contribution is 5.72. The summed E-state index contributed by atoms with van der Waals surface area (Å²) in [5.41, 5.74) is 0. The fraction of sp³-hybridized carbons (Fsp3) is 0.933. The van der Waals surface area contributed by atoms with Crippen LogP contribution in [-0.2, 0) is 14.3 Å². The van der Waals surface area contributed by atoms with Gasteiger partial charge in [0.2, 0.25) is 0 Å². The Morgan fingerprint density at radius 3 is 1.68 bits per heavy atom. The van der Waals surface area contributed by atoms with Gasteiger partial charge in [0.05, 0.1) is 12.5 Å². The Hall–Kier alpha value is -1.06. The smallest absolute Gasteiger partial charge is 0.308 e. The van der Waals surface area contributed by atoms with E-state index in [4.69, 9.17) is 9.84 Å². The van der Waals surface area contributed by atoms with Crippen molar-refractivity contribution < 1.29 is 19.4 Å². The molecule has 34 heavy (non-hydrogen) atoms. The normalized spacial score (nSPS) is 14.0. The Bertz CT molecular complexity index is 476. The van der Waals surface area contributed by atoms with Gasteiger partial charge in [0, 0.05) is 6.42 Å². The molecule has 4 heteroatoms. The number of hydrogen-bond acceptors (Lipinski definition) is 3. The summed E-state index contributed by atoms with van der Waals surface area (Å²) < 4.78 is 5.91. The van der Waals surface area contributed by atoms with Crippen LogP contribution in [0.1, 0.15) is 156 Å². The third-order valence-corrected chi connectivity index (χ3v) is 7.44. The molecule has 0 aromatic carbocycles. The van der Waals surface area contributed by atoms with Crippen molar-refractivity contribution in [2.45, 2.75) is 156 Å². The second-order valence-electron chi connectivity index (χ2n) is 10.5. The molecule has 202 valence electrons. The van der Waals surface area contributed by atoms with E-state index in [1.54, 1.807) is 0 Å². The summed E-state index contributed by atoms with van der Waals surface area (Å²) in [5.74, 6) is 0.546. The van der Waals surface area contributed by atoms with E-state index in [0.29, 0.717) is 18.4 Å². The standard InChI is InChI=1S/C30H58O4/c1-5-9-16-20-26(7-3)24-28(22-18-14-12-11-13-15-19-23-29(31)32)30(33)34-25-27(8-4)21-17-10-6-2/h26-28H,5-25H2,1-4H3,(H,31,32). The van der Waals surface area contributed by atoms with Gasteiger partial charge in [-0.1, -0.05) is 124 Å². The van der Waals surface area contributed by atoms with Crippen molar-refractivity contribution in [2.24, 2.45) is 17.8 Å². The predicted octanol–water partition coefficient (Wildman–Crippen LogP) is 9.34. The van der Waals surface area contributed by atoms with Gasteiger partial charge in [-0.05, 0) is 37.5 Å². The van der Waals surface area contributed by atoms with Crippen LogP contribution in [0.25, 0.3) is 0 Å². The second kappa shape index (κ2) is 23.7. The highest BCUT2D eigenvalue weighted by Crippen LogP contribution is 2.27. The maximum absolute atomic E-state index is 13.1. The van der Waals surface area contributed by atoms with Crippen LogP contribution in [0.2, 0.25) is 0 Å². The summed E-state index contributed by atoms with van der Waals surface area (Å²) in [6, 6.07) is 0. The molecule has 0 radical (unpaired) electrons. The summed E-state index contributed by atoms with van der Waals surface area (Å²) in [5, 5.41) is 8.72. The third kappa shape index (κ3) is 19.3. The Labute approximate surface area is 212 Å². The van der Waals surface area contributed by atoms with Crippen LogP contribution in [0.15, 0.2) is 0 Å². The third-order valence-electron chi connectivity index (χ3n) is 7.44. The molecule has 0 amide bonds. The number of carboxylic acids is 1.